The largest absolute Gasteiger partial charge is 0.461 e. The Balaban J connectivity index is 2.20. The van der Waals surface area contributed by atoms with Gasteiger partial charge in [0.05, 0.1) is 0 Å². The van der Waals surface area contributed by atoms with E-state index in [0.29, 0.717) is 16.1 Å². The first-order valence-electron chi connectivity index (χ1n) is 6.95. The molecule has 0 aliphatic heterocycles. The Kier molecular flexibility index (Phi) is 5.73. The number of hydrogen-bond acceptors (Lipinski definition) is 4. The van der Waals surface area contributed by atoms with Gasteiger partial charge in [-0.1, -0.05) is 18.2 Å². The van der Waals surface area contributed by atoms with Crippen LogP contribution >= 0.6 is 12.6 Å². The second kappa shape index (κ2) is 7.60. The van der Waals surface area contributed by atoms with E-state index in [9.17, 15) is 22.4 Å². The van der Waals surface area contributed by atoms with Crippen molar-refractivity contribution >= 4 is 30.2 Å². The van der Waals surface area contributed by atoms with Gasteiger partial charge in [0.2, 0.25) is 0 Å². The monoisotopic (exact) mass is 371 g/mol. The van der Waals surface area contributed by atoms with Gasteiger partial charge >= 0.3 is 12.5 Å². The molecule has 0 heterocycles. The lowest BCUT2D eigenvalue weighted by Gasteiger charge is -2.16. The minimum Gasteiger partial charge on any atom is -0.428 e. The summed E-state index contributed by atoms with van der Waals surface area (Å²) in [6.45, 7) is 0. The van der Waals surface area contributed by atoms with Crippen LogP contribution in [0.5, 0.6) is 5.75 Å². The van der Waals surface area contributed by atoms with Gasteiger partial charge in [0.15, 0.2) is 5.78 Å². The molecule has 0 fully saturated rings. The van der Waals surface area contributed by atoms with Crippen LogP contribution < -0.4 is 10.5 Å². The van der Waals surface area contributed by atoms with Crippen molar-refractivity contribution in [3.8, 4) is 5.75 Å². The van der Waals surface area contributed by atoms with E-state index in [2.05, 4.69) is 17.4 Å². The van der Waals surface area contributed by atoms with Crippen molar-refractivity contribution in [3.05, 3.63) is 59.7 Å². The SMILES string of the molecule is Nc1cccc(S)c1/C=C/C(=O)c1cccc(OC(F)(F)C(F)F)c1. The molecule has 0 saturated carbocycles. The summed E-state index contributed by atoms with van der Waals surface area (Å²) in [5.41, 5.74) is 6.71. The molecule has 0 aromatic heterocycles. The average Bonchev–Trinajstić information content (AvgIpc) is 2.54. The first kappa shape index (κ1) is 18.9. The van der Waals surface area contributed by atoms with Gasteiger partial charge in [-0.15, -0.1) is 12.6 Å². The first-order chi connectivity index (χ1) is 11.7. The van der Waals surface area contributed by atoms with Crippen molar-refractivity contribution in [1.82, 2.24) is 0 Å². The van der Waals surface area contributed by atoms with Crippen LogP contribution in [0.4, 0.5) is 23.2 Å². The quantitative estimate of drug-likeness (QED) is 0.255. The maximum atomic E-state index is 12.9. The van der Waals surface area contributed by atoms with E-state index in [1.54, 1.807) is 18.2 Å². The van der Waals surface area contributed by atoms with Gasteiger partial charge in [-0.3, -0.25) is 4.79 Å². The van der Waals surface area contributed by atoms with Crippen molar-refractivity contribution in [2.24, 2.45) is 0 Å². The predicted octanol–water partition coefficient (Wildman–Crippen LogP) is 4.69. The number of nitrogens with two attached hydrogens (primary N) is 1. The van der Waals surface area contributed by atoms with Crippen LogP contribution in [0.25, 0.3) is 6.08 Å². The van der Waals surface area contributed by atoms with E-state index < -0.39 is 24.1 Å². The van der Waals surface area contributed by atoms with Gasteiger partial charge in [0.25, 0.3) is 0 Å². The average molecular weight is 371 g/mol. The molecule has 0 amide bonds. The second-order valence-electron chi connectivity index (χ2n) is 4.97. The highest BCUT2D eigenvalue weighted by Gasteiger charge is 2.44. The van der Waals surface area contributed by atoms with E-state index in [0.717, 1.165) is 12.1 Å². The number of benzene rings is 2. The number of nitrogen functional groups attached to an aromatic ring is 1. The molecule has 0 atom stereocenters. The fourth-order valence-corrected chi connectivity index (χ4v) is 2.21. The Morgan fingerprint density at radius 1 is 1.20 bits per heavy atom. The van der Waals surface area contributed by atoms with Gasteiger partial charge in [-0.25, -0.2) is 0 Å². The summed E-state index contributed by atoms with van der Waals surface area (Å²) in [6, 6.07) is 9.61. The maximum absolute atomic E-state index is 12.9. The molecular weight excluding hydrogens is 358 g/mol. The number of carbonyl (C=O) groups excluding carboxylic acids is 1. The Hall–Kier alpha value is -2.48. The predicted molar refractivity (Wildman–Crippen MR) is 89.5 cm³/mol. The molecule has 2 N–H and O–H groups in total. The maximum Gasteiger partial charge on any atom is 0.461 e. The minimum atomic E-state index is -4.64. The molecule has 8 heteroatoms. The van der Waals surface area contributed by atoms with E-state index in [1.807, 2.05) is 0 Å². The zero-order valence-corrected chi connectivity index (χ0v) is 13.5. The standard InChI is InChI=1S/C17H13F4NO2S/c18-16(19)17(20,21)24-11-4-1-3-10(9-11)14(23)8-7-12-13(22)5-2-6-15(12)25/h1-9,16,25H,22H2/b8-7+. The number of ether oxygens (including phenoxy) is 1. The van der Waals surface area contributed by atoms with E-state index in [4.69, 9.17) is 5.73 Å². The Labute approximate surface area is 146 Å². The Morgan fingerprint density at radius 2 is 1.88 bits per heavy atom. The highest BCUT2D eigenvalue weighted by atomic mass is 32.1. The number of hydrogen-bond donors (Lipinski definition) is 2. The highest BCUT2D eigenvalue weighted by Crippen LogP contribution is 2.28. The molecule has 0 aliphatic rings. The molecular formula is C17H13F4NO2S. The zero-order valence-electron chi connectivity index (χ0n) is 12.6. The van der Waals surface area contributed by atoms with Crippen LogP contribution in [-0.4, -0.2) is 18.3 Å². The van der Waals surface area contributed by atoms with E-state index in [1.165, 1.54) is 24.3 Å². The summed E-state index contributed by atoms with van der Waals surface area (Å²) < 4.78 is 54.2. The molecule has 3 nitrogen and oxygen atoms in total. The topological polar surface area (TPSA) is 52.3 Å². The van der Waals surface area contributed by atoms with Crippen molar-refractivity contribution in [2.75, 3.05) is 5.73 Å². The third kappa shape index (κ3) is 4.76. The minimum absolute atomic E-state index is 0.00552. The summed E-state index contributed by atoms with van der Waals surface area (Å²) in [6.07, 6.45) is -6.02. The number of thiol groups is 1. The molecule has 2 aromatic carbocycles. The normalized spacial score (nSPS) is 11.9. The zero-order chi connectivity index (χ0) is 18.6. The molecule has 0 spiro atoms. The van der Waals surface area contributed by atoms with E-state index >= 15 is 0 Å². The number of halogens is 4. The van der Waals surface area contributed by atoms with Crippen molar-refractivity contribution in [3.63, 3.8) is 0 Å². The van der Waals surface area contributed by atoms with Crippen molar-refractivity contribution in [1.29, 1.82) is 0 Å². The summed E-state index contributed by atoms with van der Waals surface area (Å²) >= 11 is 4.22. The molecule has 0 aliphatic carbocycles. The third-order valence-corrected chi connectivity index (χ3v) is 3.53. The Bertz CT molecular complexity index is 789. The summed E-state index contributed by atoms with van der Waals surface area (Å²) in [4.78, 5) is 12.7. The van der Waals surface area contributed by atoms with Crippen LogP contribution in [0.3, 0.4) is 0 Å². The van der Waals surface area contributed by atoms with Crippen molar-refractivity contribution in [2.45, 2.75) is 17.4 Å². The molecule has 132 valence electrons. The fourth-order valence-electron chi connectivity index (χ4n) is 1.92. The molecule has 2 aromatic rings. The number of anilines is 1. The third-order valence-electron chi connectivity index (χ3n) is 3.14. The lowest BCUT2D eigenvalue weighted by molar-refractivity contribution is -0.253. The van der Waals surface area contributed by atoms with Crippen LogP contribution in [-0.2, 0) is 0 Å². The molecule has 0 radical (unpaired) electrons. The molecule has 0 bridgehead atoms. The van der Waals surface area contributed by atoms with Gasteiger partial charge < -0.3 is 10.5 Å². The van der Waals surface area contributed by atoms with Gasteiger partial charge in [-0.2, -0.15) is 17.6 Å². The molecule has 2 rings (SSSR count). The number of allylic oxidation sites excluding steroid dienone is 1. The number of ketones is 1. The van der Waals surface area contributed by atoms with E-state index in [-0.39, 0.29) is 5.56 Å². The number of alkyl halides is 4. The van der Waals surface area contributed by atoms with Crippen LogP contribution in [0.1, 0.15) is 15.9 Å². The number of carbonyl (C=O) groups is 1. The van der Waals surface area contributed by atoms with Gasteiger partial charge in [0.1, 0.15) is 5.75 Å². The van der Waals surface area contributed by atoms with Crippen LogP contribution in [0.2, 0.25) is 0 Å². The van der Waals surface area contributed by atoms with Crippen LogP contribution in [0, 0.1) is 0 Å². The fraction of sp³-hybridized carbons (Fsp3) is 0.118. The highest BCUT2D eigenvalue weighted by molar-refractivity contribution is 7.80. The number of rotatable bonds is 6. The van der Waals surface area contributed by atoms with Crippen LogP contribution in [0.15, 0.2) is 53.4 Å². The second-order valence-corrected chi connectivity index (χ2v) is 5.45. The lowest BCUT2D eigenvalue weighted by Crippen LogP contribution is -2.33. The van der Waals surface area contributed by atoms with Gasteiger partial charge in [-0.05, 0) is 36.4 Å². The smallest absolute Gasteiger partial charge is 0.428 e. The molecule has 0 saturated heterocycles. The van der Waals surface area contributed by atoms with Gasteiger partial charge in [0, 0.05) is 21.7 Å². The van der Waals surface area contributed by atoms with Crippen molar-refractivity contribution < 1.29 is 27.1 Å². The lowest BCUT2D eigenvalue weighted by atomic mass is 10.1. The Morgan fingerprint density at radius 3 is 2.52 bits per heavy atom. The summed E-state index contributed by atoms with van der Waals surface area (Å²) in [7, 11) is 0. The summed E-state index contributed by atoms with van der Waals surface area (Å²) in [5.74, 6) is -1.08. The summed E-state index contributed by atoms with van der Waals surface area (Å²) in [5, 5.41) is 0. The molecule has 0 unspecified atom stereocenters. The first-order valence-corrected chi connectivity index (χ1v) is 7.40. The molecule has 25 heavy (non-hydrogen) atoms.